The minimum absolute atomic E-state index is 0.0699. The molecule has 1 aromatic heterocycles. The van der Waals surface area contributed by atoms with Gasteiger partial charge in [-0.3, -0.25) is 0 Å². The summed E-state index contributed by atoms with van der Waals surface area (Å²) in [5.74, 6) is 0.0796. The summed E-state index contributed by atoms with van der Waals surface area (Å²) in [6.07, 6.45) is 7.07. The molecule has 0 radical (unpaired) electrons. The van der Waals surface area contributed by atoms with Crippen LogP contribution in [0, 0.1) is 5.92 Å². The van der Waals surface area contributed by atoms with Crippen molar-refractivity contribution in [2.24, 2.45) is 13.0 Å². The molecule has 1 aliphatic carbocycles. The molecule has 1 aromatic rings. The van der Waals surface area contributed by atoms with E-state index in [9.17, 15) is 13.5 Å². The highest BCUT2D eigenvalue weighted by atomic mass is 32.2. The monoisotopic (exact) mass is 299 g/mol. The second-order valence-corrected chi connectivity index (χ2v) is 7.70. The van der Waals surface area contributed by atoms with Crippen LogP contribution in [0.4, 0.5) is 0 Å². The number of sulfonamides is 1. The van der Waals surface area contributed by atoms with Gasteiger partial charge in [0.05, 0.1) is 12.4 Å². The lowest BCUT2D eigenvalue weighted by Crippen LogP contribution is -2.42. The van der Waals surface area contributed by atoms with E-state index in [1.54, 1.807) is 15.9 Å². The predicted octanol–water partition coefficient (Wildman–Crippen LogP) is 0.734. The summed E-state index contributed by atoms with van der Waals surface area (Å²) in [6.45, 7) is 0.535. The molecule has 2 aliphatic rings. The zero-order valence-electron chi connectivity index (χ0n) is 11.6. The molecule has 1 saturated heterocycles. The number of hydrogen-bond donors (Lipinski definition) is 1. The molecule has 0 spiro atoms. The first-order chi connectivity index (χ1) is 9.50. The van der Waals surface area contributed by atoms with Gasteiger partial charge in [-0.15, -0.1) is 0 Å². The van der Waals surface area contributed by atoms with Gasteiger partial charge in [0, 0.05) is 31.7 Å². The van der Waals surface area contributed by atoms with Crippen LogP contribution in [0.15, 0.2) is 17.6 Å². The Bertz CT molecular complexity index is 583. The summed E-state index contributed by atoms with van der Waals surface area (Å²) in [7, 11) is -1.78. The number of aryl methyl sites for hydroxylation is 1. The first kappa shape index (κ1) is 14.0. The van der Waals surface area contributed by atoms with E-state index < -0.39 is 10.0 Å². The summed E-state index contributed by atoms with van der Waals surface area (Å²) >= 11 is 0. The van der Waals surface area contributed by atoms with Crippen LogP contribution in [-0.4, -0.2) is 46.1 Å². The van der Waals surface area contributed by atoms with E-state index in [1.807, 2.05) is 0 Å². The third-order valence-corrected chi connectivity index (χ3v) is 6.34. The molecule has 6 nitrogen and oxygen atoms in total. The SMILES string of the molecule is Cn1cnc(S(=O)(=O)N2CCCC2C2CCCC2O)c1. The molecular formula is C13H21N3O3S. The van der Waals surface area contributed by atoms with Gasteiger partial charge in [-0.1, -0.05) is 6.42 Å². The van der Waals surface area contributed by atoms with Crippen molar-refractivity contribution in [3.8, 4) is 0 Å². The summed E-state index contributed by atoms with van der Waals surface area (Å²) in [5.41, 5.74) is 0. The van der Waals surface area contributed by atoms with Gasteiger partial charge in [-0.25, -0.2) is 13.4 Å². The van der Waals surface area contributed by atoms with Gasteiger partial charge in [0.1, 0.15) is 0 Å². The van der Waals surface area contributed by atoms with Crippen molar-refractivity contribution in [2.75, 3.05) is 6.54 Å². The molecule has 0 amide bonds. The van der Waals surface area contributed by atoms with Crippen LogP contribution in [0.5, 0.6) is 0 Å². The highest BCUT2D eigenvalue weighted by Crippen LogP contribution is 2.38. The molecule has 2 heterocycles. The third kappa shape index (κ3) is 2.27. The molecule has 112 valence electrons. The molecule has 3 unspecified atom stereocenters. The lowest BCUT2D eigenvalue weighted by Gasteiger charge is -2.29. The van der Waals surface area contributed by atoms with E-state index in [0.717, 1.165) is 32.1 Å². The average Bonchev–Trinajstić information content (AvgIpc) is 3.07. The van der Waals surface area contributed by atoms with Gasteiger partial charge in [-0.05, 0) is 25.7 Å². The van der Waals surface area contributed by atoms with Gasteiger partial charge < -0.3 is 9.67 Å². The molecule has 0 aromatic carbocycles. The molecule has 20 heavy (non-hydrogen) atoms. The van der Waals surface area contributed by atoms with E-state index in [-0.39, 0.29) is 23.1 Å². The number of aliphatic hydroxyl groups is 1. The van der Waals surface area contributed by atoms with Gasteiger partial charge in [0.15, 0.2) is 5.03 Å². The maximum Gasteiger partial charge on any atom is 0.262 e. The van der Waals surface area contributed by atoms with Crippen LogP contribution in [0.3, 0.4) is 0 Å². The van der Waals surface area contributed by atoms with Crippen LogP contribution < -0.4 is 0 Å². The highest BCUT2D eigenvalue weighted by molar-refractivity contribution is 7.89. The average molecular weight is 299 g/mol. The quantitative estimate of drug-likeness (QED) is 0.893. The highest BCUT2D eigenvalue weighted by Gasteiger charge is 2.43. The van der Waals surface area contributed by atoms with Crippen molar-refractivity contribution in [1.82, 2.24) is 13.9 Å². The Labute approximate surface area is 119 Å². The minimum Gasteiger partial charge on any atom is -0.393 e. The largest absolute Gasteiger partial charge is 0.393 e. The fraction of sp³-hybridized carbons (Fsp3) is 0.769. The number of aliphatic hydroxyl groups excluding tert-OH is 1. The fourth-order valence-electron chi connectivity index (χ4n) is 3.55. The molecule has 3 rings (SSSR count). The van der Waals surface area contributed by atoms with Crippen molar-refractivity contribution in [2.45, 2.75) is 49.3 Å². The van der Waals surface area contributed by atoms with Crippen LogP contribution in [0.25, 0.3) is 0 Å². The number of imidazole rings is 1. The Kier molecular flexibility index (Phi) is 3.60. The topological polar surface area (TPSA) is 75.4 Å². The molecule has 2 fully saturated rings. The lowest BCUT2D eigenvalue weighted by atomic mass is 9.95. The van der Waals surface area contributed by atoms with Crippen molar-refractivity contribution in [3.63, 3.8) is 0 Å². The van der Waals surface area contributed by atoms with Crippen LogP contribution in [0.1, 0.15) is 32.1 Å². The smallest absolute Gasteiger partial charge is 0.262 e. The van der Waals surface area contributed by atoms with Gasteiger partial charge in [0.25, 0.3) is 10.0 Å². The van der Waals surface area contributed by atoms with Crippen molar-refractivity contribution in [3.05, 3.63) is 12.5 Å². The molecule has 1 saturated carbocycles. The van der Waals surface area contributed by atoms with Crippen LogP contribution in [-0.2, 0) is 17.1 Å². The lowest BCUT2D eigenvalue weighted by molar-refractivity contribution is 0.0974. The maximum atomic E-state index is 12.7. The van der Waals surface area contributed by atoms with Crippen LogP contribution >= 0.6 is 0 Å². The van der Waals surface area contributed by atoms with E-state index in [2.05, 4.69) is 4.98 Å². The van der Waals surface area contributed by atoms with E-state index in [4.69, 9.17) is 0 Å². The predicted molar refractivity (Wildman–Crippen MR) is 73.5 cm³/mol. The molecular weight excluding hydrogens is 278 g/mol. The van der Waals surface area contributed by atoms with Gasteiger partial charge >= 0.3 is 0 Å². The number of aromatic nitrogens is 2. The van der Waals surface area contributed by atoms with Crippen molar-refractivity contribution in [1.29, 1.82) is 0 Å². The Hall–Kier alpha value is -0.920. The molecule has 0 bridgehead atoms. The normalized spacial score (nSPS) is 32.0. The summed E-state index contributed by atoms with van der Waals surface area (Å²) in [6, 6.07) is -0.0699. The number of nitrogens with zero attached hydrogens (tertiary/aromatic N) is 3. The molecule has 1 aliphatic heterocycles. The van der Waals surface area contributed by atoms with Crippen molar-refractivity contribution < 1.29 is 13.5 Å². The summed E-state index contributed by atoms with van der Waals surface area (Å²) in [5, 5.41) is 10.2. The Morgan fingerprint density at radius 1 is 1.30 bits per heavy atom. The zero-order chi connectivity index (χ0) is 14.3. The van der Waals surface area contributed by atoms with E-state index in [0.29, 0.717) is 6.54 Å². The van der Waals surface area contributed by atoms with Crippen molar-refractivity contribution >= 4 is 10.0 Å². The Balaban J connectivity index is 1.88. The van der Waals surface area contributed by atoms with Gasteiger partial charge in [0.2, 0.25) is 0 Å². The summed E-state index contributed by atoms with van der Waals surface area (Å²) in [4.78, 5) is 3.98. The number of rotatable bonds is 3. The van der Waals surface area contributed by atoms with E-state index in [1.165, 1.54) is 12.5 Å². The van der Waals surface area contributed by atoms with E-state index >= 15 is 0 Å². The summed E-state index contributed by atoms with van der Waals surface area (Å²) < 4.78 is 28.6. The standard InChI is InChI=1S/C13H21N3O3S/c1-15-8-13(14-9-15)20(18,19)16-7-3-5-11(16)10-4-2-6-12(10)17/h8-12,17H,2-7H2,1H3. The fourth-order valence-corrected chi connectivity index (χ4v) is 5.26. The maximum absolute atomic E-state index is 12.7. The first-order valence-corrected chi connectivity index (χ1v) is 8.62. The molecule has 3 atom stereocenters. The second-order valence-electron chi connectivity index (χ2n) is 5.86. The zero-order valence-corrected chi connectivity index (χ0v) is 12.5. The molecule has 1 N–H and O–H groups in total. The Morgan fingerprint density at radius 2 is 2.10 bits per heavy atom. The minimum atomic E-state index is -3.54. The number of hydrogen-bond acceptors (Lipinski definition) is 4. The second kappa shape index (κ2) is 5.13. The Morgan fingerprint density at radius 3 is 2.70 bits per heavy atom. The van der Waals surface area contributed by atoms with Gasteiger partial charge in [-0.2, -0.15) is 4.31 Å². The molecule has 7 heteroatoms. The first-order valence-electron chi connectivity index (χ1n) is 7.18. The van der Waals surface area contributed by atoms with Crippen LogP contribution in [0.2, 0.25) is 0 Å². The third-order valence-electron chi connectivity index (χ3n) is 4.53.